The van der Waals surface area contributed by atoms with Crippen molar-refractivity contribution in [3.05, 3.63) is 32.3 Å². The average molecular weight is 323 g/mol. The maximum absolute atomic E-state index is 13.8. The van der Waals surface area contributed by atoms with Gasteiger partial charge in [-0.15, -0.1) is 0 Å². The van der Waals surface area contributed by atoms with Crippen LogP contribution >= 0.6 is 15.9 Å². The van der Waals surface area contributed by atoms with E-state index in [0.717, 1.165) is 12.5 Å². The molecular weight excluding hydrogens is 314 g/mol. The van der Waals surface area contributed by atoms with Gasteiger partial charge in [-0.3, -0.25) is 10.1 Å². The van der Waals surface area contributed by atoms with Crippen LogP contribution in [0.3, 0.4) is 0 Å². The van der Waals surface area contributed by atoms with Crippen molar-refractivity contribution in [1.29, 1.82) is 0 Å². The molecule has 1 aliphatic rings. The molecule has 0 bridgehead atoms. The molecule has 1 aromatic carbocycles. The maximum Gasteiger partial charge on any atom is 0.330 e. The summed E-state index contributed by atoms with van der Waals surface area (Å²) in [4.78, 5) is 9.80. The van der Waals surface area contributed by atoms with E-state index < -0.39 is 27.9 Å². The van der Waals surface area contributed by atoms with Crippen LogP contribution in [-0.2, 0) is 4.74 Å². The number of hydrogen-bond acceptors (Lipinski definition) is 4. The lowest BCUT2D eigenvalue weighted by molar-refractivity contribution is -0.386. The van der Waals surface area contributed by atoms with Crippen molar-refractivity contribution in [2.75, 3.05) is 18.5 Å². The van der Waals surface area contributed by atoms with Crippen LogP contribution in [0.4, 0.5) is 20.2 Å². The molecule has 0 amide bonds. The number of hydrogen-bond donors (Lipinski definition) is 1. The Morgan fingerprint density at radius 2 is 2.28 bits per heavy atom. The Labute approximate surface area is 109 Å². The fourth-order valence-electron chi connectivity index (χ4n) is 1.59. The summed E-state index contributed by atoms with van der Waals surface area (Å²) in [5.74, 6) is -1.98. The molecule has 0 aliphatic carbocycles. The number of nitrogens with one attached hydrogen (secondary N) is 1. The Morgan fingerprint density at radius 3 is 2.78 bits per heavy atom. The fourth-order valence-corrected chi connectivity index (χ4v) is 1.99. The second-order valence-electron chi connectivity index (χ2n) is 3.80. The van der Waals surface area contributed by atoms with Gasteiger partial charge < -0.3 is 10.1 Å². The van der Waals surface area contributed by atoms with Gasteiger partial charge in [-0.25, -0.2) is 4.39 Å². The highest BCUT2D eigenvalue weighted by atomic mass is 79.9. The third-order valence-corrected chi connectivity index (χ3v) is 3.21. The molecule has 1 atom stereocenters. The van der Waals surface area contributed by atoms with Crippen LogP contribution in [0, 0.1) is 21.7 Å². The van der Waals surface area contributed by atoms with Crippen LogP contribution in [0.15, 0.2) is 10.5 Å². The first-order valence-electron chi connectivity index (χ1n) is 5.18. The number of nitrogens with zero attached hydrogens (tertiary/aromatic N) is 1. The van der Waals surface area contributed by atoms with Crippen molar-refractivity contribution in [3.63, 3.8) is 0 Å². The third-order valence-electron chi connectivity index (χ3n) is 2.63. The summed E-state index contributed by atoms with van der Waals surface area (Å²) in [7, 11) is 0. The summed E-state index contributed by atoms with van der Waals surface area (Å²) >= 11 is 2.81. The zero-order valence-corrected chi connectivity index (χ0v) is 10.7. The predicted octanol–water partition coefficient (Wildman–Crippen LogP) is 2.84. The van der Waals surface area contributed by atoms with Gasteiger partial charge in [0.1, 0.15) is 0 Å². The number of anilines is 1. The van der Waals surface area contributed by atoms with E-state index in [0.29, 0.717) is 6.61 Å². The Kier molecular flexibility index (Phi) is 3.76. The number of nitro benzene ring substituents is 1. The first-order chi connectivity index (χ1) is 8.50. The Balaban J connectivity index is 2.31. The second kappa shape index (κ2) is 5.15. The van der Waals surface area contributed by atoms with Gasteiger partial charge >= 0.3 is 5.69 Å². The van der Waals surface area contributed by atoms with E-state index in [1.807, 2.05) is 0 Å². The SMILES string of the molecule is O=[N+]([O-])c1c(F)cc(Br)c(F)c1NC[C@@H]1CCO1. The minimum Gasteiger partial charge on any atom is -0.376 e. The first-order valence-corrected chi connectivity index (χ1v) is 5.97. The molecule has 1 heterocycles. The van der Waals surface area contributed by atoms with Gasteiger partial charge in [-0.05, 0) is 28.4 Å². The minimum atomic E-state index is -1.09. The molecule has 1 aliphatic heterocycles. The van der Waals surface area contributed by atoms with Crippen LogP contribution in [-0.4, -0.2) is 24.2 Å². The maximum atomic E-state index is 13.8. The molecule has 18 heavy (non-hydrogen) atoms. The van der Waals surface area contributed by atoms with Crippen LogP contribution in [0.2, 0.25) is 0 Å². The molecule has 0 unspecified atom stereocenters. The lowest BCUT2D eigenvalue weighted by Gasteiger charge is -2.26. The molecule has 0 saturated carbocycles. The summed E-state index contributed by atoms with van der Waals surface area (Å²) in [5.41, 5.74) is -1.35. The Bertz CT molecular complexity index is 495. The summed E-state index contributed by atoms with van der Waals surface area (Å²) in [6.07, 6.45) is 0.671. The summed E-state index contributed by atoms with van der Waals surface area (Å²) in [5, 5.41) is 13.3. The van der Waals surface area contributed by atoms with Gasteiger partial charge in [0.05, 0.1) is 15.5 Å². The number of ether oxygens (including phenoxy) is 1. The monoisotopic (exact) mass is 322 g/mol. The molecule has 1 saturated heterocycles. The topological polar surface area (TPSA) is 64.4 Å². The number of benzene rings is 1. The quantitative estimate of drug-likeness (QED) is 0.526. The van der Waals surface area contributed by atoms with Gasteiger partial charge in [0.25, 0.3) is 0 Å². The van der Waals surface area contributed by atoms with Crippen LogP contribution in [0.5, 0.6) is 0 Å². The number of rotatable bonds is 4. The number of halogens is 3. The van der Waals surface area contributed by atoms with Gasteiger partial charge in [0.15, 0.2) is 11.5 Å². The lowest BCUT2D eigenvalue weighted by atomic mass is 10.2. The fraction of sp³-hybridized carbons (Fsp3) is 0.400. The lowest BCUT2D eigenvalue weighted by Crippen LogP contribution is -2.33. The van der Waals surface area contributed by atoms with E-state index in [1.54, 1.807) is 0 Å². The summed E-state index contributed by atoms with van der Waals surface area (Å²) in [6, 6.07) is 0.735. The van der Waals surface area contributed by atoms with Gasteiger partial charge in [-0.1, -0.05) is 0 Å². The van der Waals surface area contributed by atoms with E-state index in [4.69, 9.17) is 4.74 Å². The Morgan fingerprint density at radius 1 is 1.61 bits per heavy atom. The highest BCUT2D eigenvalue weighted by Gasteiger charge is 2.28. The van der Waals surface area contributed by atoms with E-state index in [-0.39, 0.29) is 17.1 Å². The number of nitro groups is 1. The highest BCUT2D eigenvalue weighted by Crippen LogP contribution is 2.35. The molecule has 5 nitrogen and oxygen atoms in total. The van der Waals surface area contributed by atoms with Crippen LogP contribution in [0.25, 0.3) is 0 Å². The van der Waals surface area contributed by atoms with E-state index in [2.05, 4.69) is 21.2 Å². The third kappa shape index (κ3) is 2.44. The molecule has 8 heteroatoms. The van der Waals surface area contributed by atoms with Crippen LogP contribution < -0.4 is 5.32 Å². The second-order valence-corrected chi connectivity index (χ2v) is 4.65. The van der Waals surface area contributed by atoms with Gasteiger partial charge in [0.2, 0.25) is 5.82 Å². The van der Waals surface area contributed by atoms with Crippen molar-refractivity contribution in [3.8, 4) is 0 Å². The molecule has 1 fully saturated rings. The molecule has 1 aromatic rings. The van der Waals surface area contributed by atoms with E-state index in [9.17, 15) is 18.9 Å². The average Bonchev–Trinajstić information content (AvgIpc) is 2.22. The van der Waals surface area contributed by atoms with Gasteiger partial charge in [-0.2, -0.15) is 4.39 Å². The van der Waals surface area contributed by atoms with E-state index in [1.165, 1.54) is 0 Å². The zero-order chi connectivity index (χ0) is 13.3. The highest BCUT2D eigenvalue weighted by molar-refractivity contribution is 9.10. The van der Waals surface area contributed by atoms with Crippen LogP contribution in [0.1, 0.15) is 6.42 Å². The molecular formula is C10H9BrF2N2O3. The zero-order valence-electron chi connectivity index (χ0n) is 9.08. The molecule has 0 spiro atoms. The Hall–Kier alpha value is -1.28. The van der Waals surface area contributed by atoms with Crippen molar-refractivity contribution >= 4 is 27.3 Å². The van der Waals surface area contributed by atoms with Crippen molar-refractivity contribution in [2.24, 2.45) is 0 Å². The van der Waals surface area contributed by atoms with E-state index >= 15 is 0 Å². The molecule has 0 aromatic heterocycles. The summed E-state index contributed by atoms with van der Waals surface area (Å²) in [6.45, 7) is 0.817. The van der Waals surface area contributed by atoms with Crippen molar-refractivity contribution in [1.82, 2.24) is 0 Å². The smallest absolute Gasteiger partial charge is 0.330 e. The van der Waals surface area contributed by atoms with Gasteiger partial charge in [0, 0.05) is 13.2 Å². The molecule has 98 valence electrons. The predicted molar refractivity (Wildman–Crippen MR) is 63.6 cm³/mol. The standard InChI is InChI=1S/C10H9BrF2N2O3/c11-6-3-7(12)10(15(16)17)9(8(6)13)14-4-5-1-2-18-5/h3,5,14H,1-2,4H2/t5-/m0/s1. The largest absolute Gasteiger partial charge is 0.376 e. The molecule has 0 radical (unpaired) electrons. The normalized spacial score (nSPS) is 18.3. The molecule has 1 N–H and O–H groups in total. The summed E-state index contributed by atoms with van der Waals surface area (Å²) < 4.78 is 32.1. The molecule has 2 rings (SSSR count). The first kappa shape index (κ1) is 13.2. The minimum absolute atomic E-state index is 0.119. The van der Waals surface area contributed by atoms with Crippen molar-refractivity contribution < 1.29 is 18.4 Å². The van der Waals surface area contributed by atoms with Crippen molar-refractivity contribution in [2.45, 2.75) is 12.5 Å².